The number of ether oxygens (including phenoxy) is 4. The Morgan fingerprint density at radius 1 is 0.952 bits per heavy atom. The molecule has 2 aliphatic rings. The van der Waals surface area contributed by atoms with E-state index in [2.05, 4.69) is 25.3 Å². The molecule has 0 saturated carbocycles. The van der Waals surface area contributed by atoms with Crippen molar-refractivity contribution in [1.29, 1.82) is 0 Å². The first-order valence-electron chi connectivity index (χ1n) is 11.8. The zero-order valence-corrected chi connectivity index (χ0v) is 25.6. The largest absolute Gasteiger partial charge is 1.00 e. The smallest absolute Gasteiger partial charge is 0.726 e. The van der Waals surface area contributed by atoms with E-state index in [0.29, 0.717) is 0 Å². The number of non-ortho nitro benzene ring substituents is 1. The first-order chi connectivity index (χ1) is 18.9. The Kier molecular flexibility index (Phi) is 15.1. The summed E-state index contributed by atoms with van der Waals surface area (Å²) in [4.78, 5) is 22.7. The Morgan fingerprint density at radius 3 is 1.98 bits per heavy atom. The van der Waals surface area contributed by atoms with Crippen LogP contribution in [0.1, 0.15) is 0 Å². The van der Waals surface area contributed by atoms with Crippen molar-refractivity contribution in [3.05, 3.63) is 34.4 Å². The Labute approximate surface area is 261 Å². The molecule has 21 heteroatoms. The molecule has 0 aliphatic carbocycles. The van der Waals surface area contributed by atoms with Crippen molar-refractivity contribution in [3.8, 4) is 5.75 Å². The summed E-state index contributed by atoms with van der Waals surface area (Å²) in [5.41, 5.74) is -0.312. The number of nitro groups is 1. The summed E-state index contributed by atoms with van der Waals surface area (Å²) in [6.45, 7) is -1.11. The normalized spacial score (nSPS) is 33.1. The van der Waals surface area contributed by atoms with E-state index >= 15 is 0 Å². The second-order valence-electron chi connectivity index (χ2n) is 9.40. The van der Waals surface area contributed by atoms with Gasteiger partial charge in [-0.3, -0.25) is 14.3 Å². The van der Waals surface area contributed by atoms with Crippen molar-refractivity contribution in [2.75, 3.05) is 27.7 Å². The van der Waals surface area contributed by atoms with Crippen LogP contribution in [-0.4, -0.2) is 139 Å². The van der Waals surface area contributed by atoms with Gasteiger partial charge >= 0.3 is 29.6 Å². The van der Waals surface area contributed by atoms with E-state index in [-0.39, 0.29) is 41.0 Å². The predicted octanol–water partition coefficient (Wildman–Crippen LogP) is -9.40. The number of carbonyl (C=O) groups excluding carboxylic acids is 1. The van der Waals surface area contributed by atoms with E-state index in [1.807, 2.05) is 0 Å². The van der Waals surface area contributed by atoms with Crippen LogP contribution in [-0.2, 0) is 33.6 Å². The summed E-state index contributed by atoms with van der Waals surface area (Å²) >= 11 is 0. The second-order valence-corrected chi connectivity index (χ2v) is 10.5. The maximum absolute atomic E-state index is 11.2. The van der Waals surface area contributed by atoms with Crippen LogP contribution in [0.15, 0.2) is 24.3 Å². The van der Waals surface area contributed by atoms with Gasteiger partial charge in [-0.25, -0.2) is 8.42 Å². The van der Waals surface area contributed by atoms with Gasteiger partial charge in [-0.1, -0.05) is 0 Å². The van der Waals surface area contributed by atoms with E-state index < -0.39 is 89.3 Å². The van der Waals surface area contributed by atoms with Gasteiger partial charge in [-0.2, -0.15) is 0 Å². The van der Waals surface area contributed by atoms with Gasteiger partial charge in [-0.05, 0) is 12.1 Å². The molecule has 0 aromatic heterocycles. The fraction of sp³-hybridized carbons (Fsp3) is 0.667. The molecule has 19 nitrogen and oxygen atoms in total. The van der Waals surface area contributed by atoms with Gasteiger partial charge in [0.2, 0.25) is 16.7 Å². The molecule has 2 heterocycles. The summed E-state index contributed by atoms with van der Waals surface area (Å²) < 4.78 is 57.5. The van der Waals surface area contributed by atoms with E-state index in [0.717, 1.165) is 24.3 Å². The Balaban J connectivity index is 0.00000165. The van der Waals surface area contributed by atoms with Crippen molar-refractivity contribution < 1.29 is 111 Å². The number of nitrogens with zero attached hydrogens (tertiary/aromatic N) is 1. The molecule has 0 bridgehead atoms. The molecule has 0 radical (unpaired) electrons. The van der Waals surface area contributed by atoms with Gasteiger partial charge in [0.25, 0.3) is 5.69 Å². The van der Waals surface area contributed by atoms with Gasteiger partial charge in [0.1, 0.15) is 54.6 Å². The molecule has 234 valence electrons. The predicted molar refractivity (Wildman–Crippen MR) is 125 cm³/mol. The summed E-state index contributed by atoms with van der Waals surface area (Å²) in [5.74, 6) is -2.11. The molecule has 2 aliphatic heterocycles. The number of benzene rings is 1. The molecule has 2 fully saturated rings. The standard InChI is InChI=1S/C18H23NO17S.C3H9N.Na/c20-9-8(5-32-37(29,30)31)34-18(33-7-3-1-6(2-4-7)19(27)28)13(24)14(9)35-17-12(23)10(21)11(22)15(36-17)16(25)26;1-4(2)3;/h1-4,8-15,17-18,20-24H,5H2,(H,25,26)(H,29,30,31);1-3H3;/q;;+1/p-1/t8-,9-,10+,11+,12-,13-,14+,15+,17?,18-;;/m1../s1. The van der Waals surface area contributed by atoms with Crippen LogP contribution in [0.4, 0.5) is 5.69 Å². The van der Waals surface area contributed by atoms with Crippen LogP contribution in [0.2, 0.25) is 0 Å². The van der Waals surface area contributed by atoms with E-state index in [4.69, 9.17) is 18.9 Å². The number of quaternary nitrogens is 1. The first kappa shape index (κ1) is 38.4. The fourth-order valence-corrected chi connectivity index (χ4v) is 3.84. The van der Waals surface area contributed by atoms with Crippen LogP contribution < -0.4 is 44.3 Å². The maximum Gasteiger partial charge on any atom is 1.00 e. The van der Waals surface area contributed by atoms with Gasteiger partial charge in [0.05, 0.1) is 38.6 Å². The van der Waals surface area contributed by atoms with Gasteiger partial charge < -0.3 is 63.8 Å². The van der Waals surface area contributed by atoms with Gasteiger partial charge in [-0.15, -0.1) is 0 Å². The zero-order chi connectivity index (χ0) is 31.2. The zero-order valence-electron chi connectivity index (χ0n) is 22.8. The maximum atomic E-state index is 11.2. The van der Waals surface area contributed by atoms with E-state index in [9.17, 15) is 58.5 Å². The SMILES string of the molecule is C[NH+](C)C.O=C([O-])[C@H]1OC(O[C@@H]2[C@@H](O)[C@H](Oc3ccc([N+](=O)[O-])cc3)O[C@H](COS(=O)(=O)[O-])[C@H]2O)[C@H](O)[C@@H](O)[C@@H]1O.[Na+]. The summed E-state index contributed by atoms with van der Waals surface area (Å²) in [6, 6.07) is 4.30. The third kappa shape index (κ3) is 10.8. The number of aliphatic hydroxyl groups is 5. The average Bonchev–Trinajstić information content (AvgIpc) is 2.86. The topological polar surface area (TPSA) is 292 Å². The molecule has 42 heavy (non-hydrogen) atoms. The number of carboxylic acid groups (broad SMARTS) is 1. The quantitative estimate of drug-likeness (QED) is 0.0481. The minimum Gasteiger partial charge on any atom is -0.726 e. The number of carboxylic acids is 1. The van der Waals surface area contributed by atoms with E-state index in [1.165, 1.54) is 4.90 Å². The summed E-state index contributed by atoms with van der Waals surface area (Å²) in [5, 5.41) is 73.2. The first-order valence-corrected chi connectivity index (χ1v) is 13.1. The van der Waals surface area contributed by atoms with Crippen molar-refractivity contribution in [2.45, 2.75) is 61.4 Å². The third-order valence-corrected chi connectivity index (χ3v) is 5.84. The number of aliphatic hydroxyl groups excluding tert-OH is 5. The van der Waals surface area contributed by atoms with Crippen molar-refractivity contribution in [1.82, 2.24) is 0 Å². The van der Waals surface area contributed by atoms with Crippen LogP contribution in [0, 0.1) is 10.1 Å². The van der Waals surface area contributed by atoms with Crippen LogP contribution in [0.3, 0.4) is 0 Å². The van der Waals surface area contributed by atoms with Crippen LogP contribution in [0.5, 0.6) is 5.75 Å². The van der Waals surface area contributed by atoms with Crippen LogP contribution in [0.25, 0.3) is 0 Å². The number of nitro benzene ring substituents is 1. The minimum absolute atomic E-state index is 0. The number of hydrogen-bond acceptors (Lipinski definition) is 17. The second kappa shape index (κ2) is 16.5. The van der Waals surface area contributed by atoms with Crippen molar-refractivity contribution in [2.24, 2.45) is 0 Å². The molecular weight excluding hydrogens is 607 g/mol. The number of carbonyl (C=O) groups is 1. The van der Waals surface area contributed by atoms with Gasteiger partial charge in [0, 0.05) is 12.1 Å². The Hall–Kier alpha value is -1.60. The van der Waals surface area contributed by atoms with E-state index in [1.54, 1.807) is 0 Å². The average molecular weight is 639 g/mol. The molecule has 1 aromatic rings. The van der Waals surface area contributed by atoms with Crippen molar-refractivity contribution in [3.63, 3.8) is 0 Å². The molecule has 1 aromatic carbocycles. The number of hydrogen-bond donors (Lipinski definition) is 6. The van der Waals surface area contributed by atoms with Gasteiger partial charge in [0.15, 0.2) is 6.29 Å². The molecule has 1 unspecified atom stereocenters. The van der Waals surface area contributed by atoms with Crippen LogP contribution >= 0.6 is 0 Å². The molecule has 0 amide bonds. The Morgan fingerprint density at radius 2 is 1.50 bits per heavy atom. The number of rotatable bonds is 9. The molecule has 6 N–H and O–H groups in total. The fourth-order valence-electron chi connectivity index (χ4n) is 3.54. The number of nitrogens with one attached hydrogen (secondary N) is 1. The minimum atomic E-state index is -5.28. The van der Waals surface area contributed by atoms with Crippen molar-refractivity contribution >= 4 is 22.1 Å². The Bertz CT molecular complexity index is 1120. The summed E-state index contributed by atoms with van der Waals surface area (Å²) in [7, 11) is 0.970. The monoisotopic (exact) mass is 638 g/mol. The molecular formula is C21H31N2NaO17S. The molecule has 2 saturated heterocycles. The summed E-state index contributed by atoms with van der Waals surface area (Å²) in [6.07, 6.45) is -20.2. The molecule has 10 atom stereocenters. The molecule has 0 spiro atoms. The molecule has 3 rings (SSSR count). The number of aliphatic carboxylic acids is 1. The third-order valence-electron chi connectivity index (χ3n) is 5.41.